The molecule has 4 rings (SSSR count). The number of carbonyl (C=O) groups excluding carboxylic acids is 1. The van der Waals surface area contributed by atoms with E-state index in [1.54, 1.807) is 0 Å². The maximum absolute atomic E-state index is 12.8. The lowest BCUT2D eigenvalue weighted by Crippen LogP contribution is -2.26. The Hall–Kier alpha value is -3.21. The number of amides is 1. The van der Waals surface area contributed by atoms with Crippen LogP contribution in [0.2, 0.25) is 0 Å². The van der Waals surface area contributed by atoms with Crippen LogP contribution < -0.4 is 10.2 Å². The minimum atomic E-state index is -0.0884. The van der Waals surface area contributed by atoms with Crippen molar-refractivity contribution < 1.29 is 4.79 Å². The molecule has 29 heavy (non-hydrogen) atoms. The van der Waals surface area contributed by atoms with Gasteiger partial charge < -0.3 is 10.2 Å². The predicted octanol–water partition coefficient (Wildman–Crippen LogP) is 4.54. The Labute approximate surface area is 171 Å². The summed E-state index contributed by atoms with van der Waals surface area (Å²) in [7, 11) is 0. The molecule has 3 aromatic rings. The van der Waals surface area contributed by atoms with Gasteiger partial charge in [-0.3, -0.25) is 4.79 Å². The Morgan fingerprint density at radius 3 is 2.38 bits per heavy atom. The summed E-state index contributed by atoms with van der Waals surface area (Å²) in [5.74, 6) is 0.696. The van der Waals surface area contributed by atoms with Crippen LogP contribution in [0.5, 0.6) is 0 Å². The summed E-state index contributed by atoms with van der Waals surface area (Å²) in [6.07, 6.45) is 6.08. The first-order valence-corrected chi connectivity index (χ1v) is 10.1. The Morgan fingerprint density at radius 2 is 1.69 bits per heavy atom. The Bertz CT molecular complexity index is 977. The van der Waals surface area contributed by atoms with Crippen LogP contribution in [-0.2, 0) is 0 Å². The first kappa shape index (κ1) is 19.1. The minimum absolute atomic E-state index is 0.0603. The second-order valence-electron chi connectivity index (χ2n) is 7.65. The molecule has 0 bridgehead atoms. The number of carbonyl (C=O) groups is 1. The lowest BCUT2D eigenvalue weighted by atomic mass is 10.0. The average molecular weight is 386 g/mol. The van der Waals surface area contributed by atoms with E-state index in [1.165, 1.54) is 18.4 Å². The van der Waals surface area contributed by atoms with E-state index in [-0.39, 0.29) is 11.9 Å². The van der Waals surface area contributed by atoms with Gasteiger partial charge in [-0.05, 0) is 49.9 Å². The van der Waals surface area contributed by atoms with Gasteiger partial charge in [-0.25, -0.2) is 9.97 Å². The number of nitrogens with one attached hydrogen (secondary N) is 1. The van der Waals surface area contributed by atoms with Gasteiger partial charge in [0.15, 0.2) is 0 Å². The molecule has 5 heteroatoms. The van der Waals surface area contributed by atoms with E-state index in [4.69, 9.17) is 0 Å². The van der Waals surface area contributed by atoms with Crippen LogP contribution in [-0.4, -0.2) is 29.0 Å². The van der Waals surface area contributed by atoms with Crippen molar-refractivity contribution in [2.75, 3.05) is 18.0 Å². The molecule has 1 aliphatic heterocycles. The van der Waals surface area contributed by atoms with Gasteiger partial charge in [-0.15, -0.1) is 0 Å². The highest BCUT2D eigenvalue weighted by molar-refractivity contribution is 5.95. The van der Waals surface area contributed by atoms with Gasteiger partial charge in [0, 0.05) is 36.6 Å². The van der Waals surface area contributed by atoms with E-state index in [0.717, 1.165) is 35.7 Å². The molecular formula is C24H26N4O. The summed E-state index contributed by atoms with van der Waals surface area (Å²) in [5, 5.41) is 3.08. The zero-order valence-corrected chi connectivity index (χ0v) is 16.9. The molecule has 148 valence electrons. The molecular weight excluding hydrogens is 360 g/mol. The Morgan fingerprint density at radius 1 is 1.00 bits per heavy atom. The zero-order valence-electron chi connectivity index (χ0n) is 16.9. The summed E-state index contributed by atoms with van der Waals surface area (Å²) in [4.78, 5) is 24.0. The van der Waals surface area contributed by atoms with E-state index in [9.17, 15) is 4.79 Å². The first-order chi connectivity index (χ1) is 14.1. The van der Waals surface area contributed by atoms with Crippen molar-refractivity contribution in [1.82, 2.24) is 15.3 Å². The Kier molecular flexibility index (Phi) is 5.56. The fraction of sp³-hybridized carbons (Fsp3) is 0.292. The summed E-state index contributed by atoms with van der Waals surface area (Å²) >= 11 is 0. The monoisotopic (exact) mass is 386 g/mol. The van der Waals surface area contributed by atoms with Crippen LogP contribution in [0, 0.1) is 6.92 Å². The van der Waals surface area contributed by atoms with Crippen LogP contribution in [0.1, 0.15) is 47.3 Å². The number of aromatic nitrogens is 2. The van der Waals surface area contributed by atoms with Crippen LogP contribution in [0.25, 0.3) is 11.1 Å². The number of rotatable bonds is 5. The van der Waals surface area contributed by atoms with Crippen LogP contribution in [0.15, 0.2) is 60.9 Å². The predicted molar refractivity (Wildman–Crippen MR) is 116 cm³/mol. The van der Waals surface area contributed by atoms with Crippen molar-refractivity contribution in [2.24, 2.45) is 0 Å². The van der Waals surface area contributed by atoms with Crippen molar-refractivity contribution in [1.29, 1.82) is 0 Å². The SMILES string of the molecule is Cc1ccc(C(C)NC(=O)c2cccc(-c3cnc(N4CCCC4)nc3)c2)cc1. The third-order valence-corrected chi connectivity index (χ3v) is 5.41. The Balaban J connectivity index is 1.47. The maximum atomic E-state index is 12.8. The normalized spacial score (nSPS) is 14.6. The van der Waals surface area contributed by atoms with E-state index in [1.807, 2.05) is 43.6 Å². The molecule has 1 atom stereocenters. The van der Waals surface area contributed by atoms with Crippen molar-refractivity contribution in [2.45, 2.75) is 32.7 Å². The fourth-order valence-electron chi connectivity index (χ4n) is 3.61. The largest absolute Gasteiger partial charge is 0.346 e. The highest BCUT2D eigenvalue weighted by Gasteiger charge is 2.15. The second kappa shape index (κ2) is 8.43. The number of benzene rings is 2. The molecule has 0 saturated carbocycles. The molecule has 0 spiro atoms. The van der Waals surface area contributed by atoms with Crippen LogP contribution >= 0.6 is 0 Å². The van der Waals surface area contributed by atoms with Gasteiger partial charge in [0.25, 0.3) is 5.91 Å². The summed E-state index contributed by atoms with van der Waals surface area (Å²) in [6.45, 7) is 6.10. The van der Waals surface area contributed by atoms with Gasteiger partial charge >= 0.3 is 0 Å². The molecule has 2 heterocycles. The zero-order chi connectivity index (χ0) is 20.2. The van der Waals surface area contributed by atoms with Crippen molar-refractivity contribution in [3.05, 3.63) is 77.6 Å². The van der Waals surface area contributed by atoms with Gasteiger partial charge in [0.05, 0.1) is 6.04 Å². The maximum Gasteiger partial charge on any atom is 0.251 e. The lowest BCUT2D eigenvalue weighted by Gasteiger charge is -2.16. The third-order valence-electron chi connectivity index (χ3n) is 5.41. The number of nitrogens with zero attached hydrogens (tertiary/aromatic N) is 3. The smallest absolute Gasteiger partial charge is 0.251 e. The summed E-state index contributed by atoms with van der Waals surface area (Å²) in [6, 6.07) is 15.8. The van der Waals surface area contributed by atoms with Crippen LogP contribution in [0.3, 0.4) is 0 Å². The van der Waals surface area contributed by atoms with Crippen molar-refractivity contribution in [3.63, 3.8) is 0 Å². The number of hydrogen-bond donors (Lipinski definition) is 1. The first-order valence-electron chi connectivity index (χ1n) is 10.1. The van der Waals surface area contributed by atoms with E-state index < -0.39 is 0 Å². The topological polar surface area (TPSA) is 58.1 Å². The average Bonchev–Trinajstić information content (AvgIpc) is 3.29. The standard InChI is InChI=1S/C24H26N4O/c1-17-8-10-19(11-9-17)18(2)27-23(29)21-7-5-6-20(14-21)22-15-25-24(26-16-22)28-12-3-4-13-28/h5-11,14-16,18H,3-4,12-13H2,1-2H3,(H,27,29). The van der Waals surface area contributed by atoms with E-state index in [0.29, 0.717) is 5.56 Å². The molecule has 1 aromatic heterocycles. The molecule has 1 saturated heterocycles. The quantitative estimate of drug-likeness (QED) is 0.699. The van der Waals surface area contributed by atoms with Crippen molar-refractivity contribution >= 4 is 11.9 Å². The molecule has 2 aromatic carbocycles. The van der Waals surface area contributed by atoms with E-state index in [2.05, 4.69) is 51.4 Å². The van der Waals surface area contributed by atoms with Crippen molar-refractivity contribution in [3.8, 4) is 11.1 Å². The minimum Gasteiger partial charge on any atom is -0.346 e. The highest BCUT2D eigenvalue weighted by Crippen LogP contribution is 2.22. The molecule has 1 amide bonds. The molecule has 1 aliphatic rings. The second-order valence-corrected chi connectivity index (χ2v) is 7.65. The van der Waals surface area contributed by atoms with Gasteiger partial charge in [0.1, 0.15) is 0 Å². The number of hydrogen-bond acceptors (Lipinski definition) is 4. The summed E-state index contributed by atoms with van der Waals surface area (Å²) < 4.78 is 0. The molecule has 1 unspecified atom stereocenters. The fourth-order valence-corrected chi connectivity index (χ4v) is 3.61. The molecule has 5 nitrogen and oxygen atoms in total. The molecule has 1 N–H and O–H groups in total. The molecule has 0 aliphatic carbocycles. The number of anilines is 1. The van der Waals surface area contributed by atoms with Gasteiger partial charge in [-0.1, -0.05) is 42.0 Å². The van der Waals surface area contributed by atoms with Gasteiger partial charge in [-0.2, -0.15) is 0 Å². The molecule has 1 fully saturated rings. The van der Waals surface area contributed by atoms with E-state index >= 15 is 0 Å². The lowest BCUT2D eigenvalue weighted by molar-refractivity contribution is 0.0940. The molecule has 0 radical (unpaired) electrons. The summed E-state index contributed by atoms with van der Waals surface area (Å²) in [5.41, 5.74) is 4.77. The van der Waals surface area contributed by atoms with Gasteiger partial charge in [0.2, 0.25) is 5.95 Å². The highest BCUT2D eigenvalue weighted by atomic mass is 16.1. The van der Waals surface area contributed by atoms with Crippen LogP contribution in [0.4, 0.5) is 5.95 Å². The third kappa shape index (κ3) is 4.45. The number of aryl methyl sites for hydroxylation is 1.